The van der Waals surface area contributed by atoms with Crippen molar-refractivity contribution in [2.45, 2.75) is 6.92 Å². The van der Waals surface area contributed by atoms with Gasteiger partial charge >= 0.3 is 0 Å². The number of hydrogen-bond donors (Lipinski definition) is 2. The van der Waals surface area contributed by atoms with E-state index in [1.807, 2.05) is 0 Å². The van der Waals surface area contributed by atoms with Crippen LogP contribution >= 0.6 is 11.6 Å². The van der Waals surface area contributed by atoms with Crippen LogP contribution in [0.4, 0.5) is 5.69 Å². The van der Waals surface area contributed by atoms with E-state index < -0.39 is 5.91 Å². The quantitative estimate of drug-likeness (QED) is 0.511. The van der Waals surface area contributed by atoms with Gasteiger partial charge in [-0.25, -0.2) is 5.43 Å². The predicted molar refractivity (Wildman–Crippen MR) is 107 cm³/mol. The number of rotatable bonds is 5. The second-order valence-corrected chi connectivity index (χ2v) is 6.28. The molecule has 0 bridgehead atoms. The number of pyridine rings is 1. The molecule has 0 aliphatic rings. The maximum Gasteiger partial charge on any atom is 0.291 e. The lowest BCUT2D eigenvalue weighted by molar-refractivity contribution is 0.0944. The van der Waals surface area contributed by atoms with Gasteiger partial charge in [0.15, 0.2) is 0 Å². The molecular formula is C19H17ClN6O2. The lowest BCUT2D eigenvalue weighted by Crippen LogP contribution is -2.22. The molecule has 0 unspecified atom stereocenters. The highest BCUT2D eigenvalue weighted by Crippen LogP contribution is 2.14. The Morgan fingerprint density at radius 3 is 2.32 bits per heavy atom. The molecule has 2 amide bonds. The molecule has 0 radical (unpaired) electrons. The van der Waals surface area contributed by atoms with Gasteiger partial charge in [0.2, 0.25) is 0 Å². The van der Waals surface area contributed by atoms with Crippen LogP contribution in [0.5, 0.6) is 0 Å². The van der Waals surface area contributed by atoms with Gasteiger partial charge in [0, 0.05) is 30.7 Å². The Labute approximate surface area is 166 Å². The normalized spacial score (nSPS) is 11.2. The maximum absolute atomic E-state index is 12.2. The van der Waals surface area contributed by atoms with Gasteiger partial charge in [-0.2, -0.15) is 10.2 Å². The van der Waals surface area contributed by atoms with Gasteiger partial charge in [-0.15, -0.1) is 0 Å². The second kappa shape index (κ2) is 8.45. The van der Waals surface area contributed by atoms with Crippen molar-refractivity contribution in [1.82, 2.24) is 20.2 Å². The molecule has 0 saturated heterocycles. The number of nitrogens with zero attached hydrogens (tertiary/aromatic N) is 4. The minimum atomic E-state index is -0.453. The van der Waals surface area contributed by atoms with E-state index in [1.165, 1.54) is 10.9 Å². The molecule has 3 aromatic rings. The van der Waals surface area contributed by atoms with Gasteiger partial charge in [-0.3, -0.25) is 19.3 Å². The minimum Gasteiger partial charge on any atom is -0.322 e. The van der Waals surface area contributed by atoms with E-state index in [0.717, 1.165) is 5.56 Å². The first-order valence-corrected chi connectivity index (χ1v) is 8.67. The summed E-state index contributed by atoms with van der Waals surface area (Å²) in [4.78, 5) is 28.2. The molecule has 28 heavy (non-hydrogen) atoms. The van der Waals surface area contributed by atoms with Crippen LogP contribution in [0.25, 0.3) is 0 Å². The van der Waals surface area contributed by atoms with E-state index in [1.54, 1.807) is 62.8 Å². The van der Waals surface area contributed by atoms with Crippen molar-refractivity contribution in [2.24, 2.45) is 12.1 Å². The summed E-state index contributed by atoms with van der Waals surface area (Å²) in [5, 5.41) is 11.1. The second-order valence-electron chi connectivity index (χ2n) is 5.87. The Bertz CT molecular complexity index is 1010. The molecule has 8 nitrogen and oxygen atoms in total. The number of benzene rings is 1. The monoisotopic (exact) mass is 396 g/mol. The molecule has 2 heterocycles. The summed E-state index contributed by atoms with van der Waals surface area (Å²) in [6.45, 7) is 1.76. The van der Waals surface area contributed by atoms with Gasteiger partial charge in [-0.05, 0) is 36.8 Å². The summed E-state index contributed by atoms with van der Waals surface area (Å²) in [6.07, 6.45) is 4.52. The summed E-state index contributed by atoms with van der Waals surface area (Å²) in [5.41, 5.74) is 5.24. The number of carbonyl (C=O) groups excluding carboxylic acids is 2. The molecule has 2 N–H and O–H groups in total. The predicted octanol–water partition coefficient (Wildman–Crippen LogP) is 2.87. The largest absolute Gasteiger partial charge is 0.322 e. The average Bonchev–Trinajstić information content (AvgIpc) is 3.05. The highest BCUT2D eigenvalue weighted by atomic mass is 35.5. The Balaban J connectivity index is 1.65. The zero-order valence-electron chi connectivity index (χ0n) is 15.2. The van der Waals surface area contributed by atoms with Gasteiger partial charge in [0.25, 0.3) is 11.8 Å². The van der Waals surface area contributed by atoms with Crippen molar-refractivity contribution in [2.75, 3.05) is 5.32 Å². The Hall–Kier alpha value is -3.52. The number of carbonyl (C=O) groups is 2. The highest BCUT2D eigenvalue weighted by Gasteiger charge is 2.15. The van der Waals surface area contributed by atoms with Crippen molar-refractivity contribution in [1.29, 1.82) is 0 Å². The summed E-state index contributed by atoms with van der Waals surface area (Å²) >= 11 is 5.94. The molecule has 0 atom stereocenters. The third-order valence-electron chi connectivity index (χ3n) is 3.94. The smallest absolute Gasteiger partial charge is 0.291 e. The zero-order valence-corrected chi connectivity index (χ0v) is 15.9. The van der Waals surface area contributed by atoms with Crippen LogP contribution in [-0.2, 0) is 7.05 Å². The van der Waals surface area contributed by atoms with E-state index in [2.05, 4.69) is 25.9 Å². The molecule has 0 aliphatic carbocycles. The number of hydrazone groups is 1. The summed E-state index contributed by atoms with van der Waals surface area (Å²) < 4.78 is 1.38. The van der Waals surface area contributed by atoms with Crippen LogP contribution in [0, 0.1) is 0 Å². The summed E-state index contributed by atoms with van der Waals surface area (Å²) in [7, 11) is 1.62. The molecule has 2 aromatic heterocycles. The fourth-order valence-electron chi connectivity index (χ4n) is 2.42. The molecule has 0 saturated carbocycles. The fourth-order valence-corrected chi connectivity index (χ4v) is 2.67. The number of anilines is 1. The van der Waals surface area contributed by atoms with Crippen LogP contribution < -0.4 is 10.7 Å². The number of nitrogens with one attached hydrogen (secondary N) is 2. The van der Waals surface area contributed by atoms with Crippen LogP contribution in [0.3, 0.4) is 0 Å². The van der Waals surface area contributed by atoms with Crippen LogP contribution in [0.1, 0.15) is 33.3 Å². The van der Waals surface area contributed by atoms with Crippen LogP contribution in [-0.4, -0.2) is 32.3 Å². The van der Waals surface area contributed by atoms with Crippen LogP contribution in [0.15, 0.2) is 60.1 Å². The number of aryl methyl sites for hydroxylation is 1. The number of aromatic nitrogens is 3. The summed E-state index contributed by atoms with van der Waals surface area (Å²) in [6, 6.07) is 10.4. The lowest BCUT2D eigenvalue weighted by Gasteiger charge is -2.07. The molecule has 0 fully saturated rings. The third-order valence-corrected chi connectivity index (χ3v) is 4.21. The average molecular weight is 397 g/mol. The van der Waals surface area contributed by atoms with Gasteiger partial charge in [0.05, 0.1) is 16.9 Å². The topological polar surface area (TPSA) is 101 Å². The fraction of sp³-hybridized carbons (Fsp3) is 0.105. The van der Waals surface area contributed by atoms with Crippen molar-refractivity contribution >= 4 is 34.8 Å². The SMILES string of the molecule is C/C(=N/NC(=O)c1c(Cl)cnn1C)c1ccc(NC(=O)c2ccncc2)cc1. The molecule has 0 spiro atoms. The number of hydrogen-bond acceptors (Lipinski definition) is 5. The standard InChI is InChI=1S/C19H17ClN6O2/c1-12(24-25-19(28)17-16(20)11-22-26(17)2)13-3-5-15(6-4-13)23-18(27)14-7-9-21-10-8-14/h3-11H,1-2H3,(H,23,27)(H,25,28)/b24-12-. The van der Waals surface area contributed by atoms with Gasteiger partial charge < -0.3 is 5.32 Å². The van der Waals surface area contributed by atoms with E-state index in [9.17, 15) is 9.59 Å². The Morgan fingerprint density at radius 1 is 1.04 bits per heavy atom. The van der Waals surface area contributed by atoms with Gasteiger partial charge in [0.1, 0.15) is 5.69 Å². The molecule has 0 aliphatic heterocycles. The summed E-state index contributed by atoms with van der Waals surface area (Å²) in [5.74, 6) is -0.675. The molecule has 142 valence electrons. The lowest BCUT2D eigenvalue weighted by atomic mass is 10.1. The zero-order chi connectivity index (χ0) is 20.1. The molecule has 3 rings (SSSR count). The first-order valence-electron chi connectivity index (χ1n) is 8.29. The molecule has 9 heteroatoms. The van der Waals surface area contributed by atoms with E-state index in [0.29, 0.717) is 17.0 Å². The molecular weight excluding hydrogens is 380 g/mol. The highest BCUT2D eigenvalue weighted by molar-refractivity contribution is 6.33. The number of halogens is 1. The third kappa shape index (κ3) is 4.41. The van der Waals surface area contributed by atoms with E-state index >= 15 is 0 Å². The van der Waals surface area contributed by atoms with Gasteiger partial charge in [-0.1, -0.05) is 23.7 Å². The van der Waals surface area contributed by atoms with Crippen molar-refractivity contribution < 1.29 is 9.59 Å². The van der Waals surface area contributed by atoms with E-state index in [4.69, 9.17) is 11.6 Å². The first-order chi connectivity index (χ1) is 13.5. The van der Waals surface area contributed by atoms with Crippen molar-refractivity contribution in [3.8, 4) is 0 Å². The van der Waals surface area contributed by atoms with Crippen molar-refractivity contribution in [3.63, 3.8) is 0 Å². The van der Waals surface area contributed by atoms with E-state index in [-0.39, 0.29) is 16.6 Å². The van der Waals surface area contributed by atoms with Crippen molar-refractivity contribution in [3.05, 3.63) is 76.8 Å². The Kier molecular flexibility index (Phi) is 5.81. The minimum absolute atomic E-state index is 0.221. The maximum atomic E-state index is 12.2. The number of amides is 2. The Morgan fingerprint density at radius 2 is 1.71 bits per heavy atom. The molecule has 1 aromatic carbocycles. The van der Waals surface area contributed by atoms with Crippen LogP contribution in [0.2, 0.25) is 5.02 Å². The first kappa shape index (κ1) is 19.2.